The van der Waals surface area contributed by atoms with Gasteiger partial charge < -0.3 is 4.74 Å². The zero-order valence-electron chi connectivity index (χ0n) is 6.64. The van der Waals surface area contributed by atoms with Gasteiger partial charge in [-0.25, -0.2) is 0 Å². The molecule has 0 aromatic heterocycles. The molecule has 1 aliphatic rings. The summed E-state index contributed by atoms with van der Waals surface area (Å²) in [6.07, 6.45) is 0.394. The van der Waals surface area contributed by atoms with Gasteiger partial charge in [0.15, 0.2) is 0 Å². The summed E-state index contributed by atoms with van der Waals surface area (Å²) in [4.78, 5) is 2.17. The first kappa shape index (κ1) is 7.03. The Kier molecular flexibility index (Phi) is 1.53. The fraction of sp³-hybridized carbons (Fsp3) is 1.00. The van der Waals surface area contributed by atoms with Crippen LogP contribution in [0, 0.1) is 0 Å². The van der Waals surface area contributed by atoms with Crippen molar-refractivity contribution >= 4 is 0 Å². The first-order chi connectivity index (χ1) is 3.99. The van der Waals surface area contributed by atoms with Crippen molar-refractivity contribution in [3.63, 3.8) is 0 Å². The van der Waals surface area contributed by atoms with E-state index in [2.05, 4.69) is 32.7 Å². The second-order valence-electron chi connectivity index (χ2n) is 3.62. The van der Waals surface area contributed by atoms with E-state index in [1.807, 2.05) is 0 Å². The molecule has 54 valence electrons. The van der Waals surface area contributed by atoms with Crippen LogP contribution >= 0.6 is 0 Å². The second-order valence-corrected chi connectivity index (χ2v) is 3.62. The normalized spacial score (nSPS) is 34.7. The minimum atomic E-state index is 0.0232. The lowest BCUT2D eigenvalue weighted by Gasteiger charge is -2.18. The summed E-state index contributed by atoms with van der Waals surface area (Å²) in [6, 6.07) is 0. The van der Waals surface area contributed by atoms with Gasteiger partial charge in [0, 0.05) is 6.54 Å². The quantitative estimate of drug-likeness (QED) is 0.491. The largest absolute Gasteiger partial charge is 0.356 e. The third kappa shape index (κ3) is 2.33. The van der Waals surface area contributed by atoms with Crippen molar-refractivity contribution < 1.29 is 4.74 Å². The van der Waals surface area contributed by atoms with E-state index >= 15 is 0 Å². The fourth-order valence-electron chi connectivity index (χ4n) is 0.735. The summed E-state index contributed by atoms with van der Waals surface area (Å²) < 4.78 is 5.59. The van der Waals surface area contributed by atoms with Crippen LogP contribution in [0.1, 0.15) is 20.8 Å². The molecule has 1 saturated heterocycles. The Morgan fingerprint density at radius 1 is 1.44 bits per heavy atom. The SMILES string of the molecule is CN1CC1OC(C)(C)C. The highest BCUT2D eigenvalue weighted by Gasteiger charge is 2.34. The molecule has 2 unspecified atom stereocenters. The molecular formula is C7H15NO. The fourth-order valence-corrected chi connectivity index (χ4v) is 0.735. The van der Waals surface area contributed by atoms with Crippen LogP contribution in [-0.4, -0.2) is 30.3 Å². The molecule has 1 heterocycles. The second kappa shape index (κ2) is 1.96. The van der Waals surface area contributed by atoms with E-state index in [9.17, 15) is 0 Å². The van der Waals surface area contributed by atoms with Gasteiger partial charge in [0.05, 0.1) is 5.60 Å². The first-order valence-corrected chi connectivity index (χ1v) is 3.37. The third-order valence-electron chi connectivity index (χ3n) is 1.29. The van der Waals surface area contributed by atoms with Crippen LogP contribution < -0.4 is 0 Å². The molecule has 9 heavy (non-hydrogen) atoms. The average molecular weight is 129 g/mol. The Bertz CT molecular complexity index is 106. The Morgan fingerprint density at radius 3 is 2.00 bits per heavy atom. The number of rotatable bonds is 1. The van der Waals surface area contributed by atoms with Gasteiger partial charge in [0.2, 0.25) is 0 Å². The van der Waals surface area contributed by atoms with Crippen molar-refractivity contribution in [3.05, 3.63) is 0 Å². The highest BCUT2D eigenvalue weighted by molar-refractivity contribution is 4.79. The van der Waals surface area contributed by atoms with Crippen LogP contribution in [0.4, 0.5) is 0 Å². The average Bonchev–Trinajstić information content (AvgIpc) is 2.13. The molecule has 1 fully saturated rings. The molecule has 0 bridgehead atoms. The van der Waals surface area contributed by atoms with E-state index in [1.54, 1.807) is 0 Å². The van der Waals surface area contributed by atoms with E-state index in [0.717, 1.165) is 6.54 Å². The minimum absolute atomic E-state index is 0.0232. The van der Waals surface area contributed by atoms with Crippen molar-refractivity contribution in [1.82, 2.24) is 4.90 Å². The number of hydrogen-bond donors (Lipinski definition) is 0. The number of nitrogens with zero attached hydrogens (tertiary/aromatic N) is 1. The summed E-state index contributed by atoms with van der Waals surface area (Å²) in [5, 5.41) is 0. The molecule has 0 spiro atoms. The van der Waals surface area contributed by atoms with Gasteiger partial charge in [-0.3, -0.25) is 4.90 Å². The van der Waals surface area contributed by atoms with Crippen molar-refractivity contribution in [2.75, 3.05) is 13.6 Å². The highest BCUT2D eigenvalue weighted by atomic mass is 16.5. The van der Waals surface area contributed by atoms with E-state index in [0.29, 0.717) is 6.23 Å². The maximum atomic E-state index is 5.59. The molecule has 0 amide bonds. The number of likely N-dealkylation sites (N-methyl/N-ethyl adjacent to an activating group) is 1. The van der Waals surface area contributed by atoms with Crippen LogP contribution in [0.15, 0.2) is 0 Å². The summed E-state index contributed by atoms with van der Waals surface area (Å²) in [7, 11) is 2.07. The van der Waals surface area contributed by atoms with Gasteiger partial charge in [-0.05, 0) is 27.8 Å². The predicted molar refractivity (Wildman–Crippen MR) is 37.3 cm³/mol. The van der Waals surface area contributed by atoms with Crippen LogP contribution in [0.5, 0.6) is 0 Å². The lowest BCUT2D eigenvalue weighted by molar-refractivity contribution is -0.0331. The zero-order chi connectivity index (χ0) is 7.07. The van der Waals surface area contributed by atoms with Crippen molar-refractivity contribution in [3.8, 4) is 0 Å². The molecular weight excluding hydrogens is 114 g/mol. The van der Waals surface area contributed by atoms with Crippen molar-refractivity contribution in [2.24, 2.45) is 0 Å². The maximum absolute atomic E-state index is 5.59. The van der Waals surface area contributed by atoms with E-state index < -0.39 is 0 Å². The first-order valence-electron chi connectivity index (χ1n) is 3.37. The van der Waals surface area contributed by atoms with Crippen LogP contribution in [-0.2, 0) is 4.74 Å². The molecule has 2 heteroatoms. The summed E-state index contributed by atoms with van der Waals surface area (Å²) >= 11 is 0. The van der Waals surface area contributed by atoms with Gasteiger partial charge in [0.1, 0.15) is 6.23 Å². The highest BCUT2D eigenvalue weighted by Crippen LogP contribution is 2.21. The van der Waals surface area contributed by atoms with Crippen LogP contribution in [0.2, 0.25) is 0 Å². The number of ether oxygens (including phenoxy) is 1. The molecule has 0 saturated carbocycles. The standard InChI is InChI=1S/C7H15NO/c1-7(2,3)9-6-5-8(6)4/h6H,5H2,1-4H3. The van der Waals surface area contributed by atoms with Gasteiger partial charge in [0.25, 0.3) is 0 Å². The van der Waals surface area contributed by atoms with E-state index in [4.69, 9.17) is 4.74 Å². The number of hydrogen-bond acceptors (Lipinski definition) is 2. The molecule has 0 aromatic rings. The van der Waals surface area contributed by atoms with Crippen molar-refractivity contribution in [2.45, 2.75) is 32.6 Å². The molecule has 1 aliphatic heterocycles. The smallest absolute Gasteiger partial charge is 0.124 e. The Hall–Kier alpha value is -0.0800. The Balaban J connectivity index is 2.19. The Labute approximate surface area is 56.8 Å². The molecule has 2 nitrogen and oxygen atoms in total. The van der Waals surface area contributed by atoms with E-state index in [1.165, 1.54) is 0 Å². The van der Waals surface area contributed by atoms with Gasteiger partial charge in [-0.1, -0.05) is 0 Å². The van der Waals surface area contributed by atoms with E-state index in [-0.39, 0.29) is 5.60 Å². The molecule has 0 radical (unpaired) electrons. The molecule has 2 atom stereocenters. The van der Waals surface area contributed by atoms with Gasteiger partial charge in [-0.2, -0.15) is 0 Å². The van der Waals surface area contributed by atoms with Crippen molar-refractivity contribution in [1.29, 1.82) is 0 Å². The Morgan fingerprint density at radius 2 is 1.89 bits per heavy atom. The summed E-state index contributed by atoms with van der Waals surface area (Å²) in [5.41, 5.74) is 0.0232. The molecule has 0 aliphatic carbocycles. The maximum Gasteiger partial charge on any atom is 0.124 e. The monoisotopic (exact) mass is 129 g/mol. The van der Waals surface area contributed by atoms with Crippen LogP contribution in [0.3, 0.4) is 0 Å². The predicted octanol–water partition coefficient (Wildman–Crippen LogP) is 1.07. The topological polar surface area (TPSA) is 12.2 Å². The summed E-state index contributed by atoms with van der Waals surface area (Å²) in [6.45, 7) is 7.34. The third-order valence-corrected chi connectivity index (χ3v) is 1.29. The van der Waals surface area contributed by atoms with Gasteiger partial charge >= 0.3 is 0 Å². The molecule has 0 aromatic carbocycles. The lowest BCUT2D eigenvalue weighted by atomic mass is 10.2. The van der Waals surface area contributed by atoms with Crippen LogP contribution in [0.25, 0.3) is 0 Å². The zero-order valence-corrected chi connectivity index (χ0v) is 6.64. The minimum Gasteiger partial charge on any atom is -0.356 e. The molecule has 0 N–H and O–H groups in total. The summed E-state index contributed by atoms with van der Waals surface area (Å²) in [5.74, 6) is 0. The van der Waals surface area contributed by atoms with Gasteiger partial charge in [-0.15, -0.1) is 0 Å². The molecule has 1 rings (SSSR count). The lowest BCUT2D eigenvalue weighted by Crippen LogP contribution is -2.22.